The molecular formula is C11H7N2S. The lowest BCUT2D eigenvalue weighted by molar-refractivity contribution is 1.32. The molecule has 0 amide bonds. The van der Waals surface area contributed by atoms with Crippen molar-refractivity contribution in [2.45, 2.75) is 0 Å². The molecule has 3 rings (SSSR count). The number of fused-ring (bicyclic) bond motifs is 1. The highest BCUT2D eigenvalue weighted by Crippen LogP contribution is 2.24. The van der Waals surface area contributed by atoms with E-state index in [1.165, 1.54) is 11.1 Å². The number of hydrogen-bond donors (Lipinski definition) is 1. The molecule has 14 heavy (non-hydrogen) atoms. The molecule has 2 nitrogen and oxygen atoms in total. The first-order chi connectivity index (χ1) is 6.93. The van der Waals surface area contributed by atoms with E-state index in [4.69, 9.17) is 0 Å². The number of H-pyrrole nitrogens is 1. The highest BCUT2D eigenvalue weighted by molar-refractivity contribution is 7.08. The molecule has 0 saturated carbocycles. The molecule has 2 heterocycles. The van der Waals surface area contributed by atoms with Gasteiger partial charge in [0.2, 0.25) is 0 Å². The maximum Gasteiger partial charge on any atom is 0.174 e. The monoisotopic (exact) mass is 199 g/mol. The fraction of sp³-hybridized carbons (Fsp3) is 0. The van der Waals surface area contributed by atoms with E-state index in [1.54, 1.807) is 11.3 Å². The Morgan fingerprint density at radius 2 is 2.21 bits per heavy atom. The summed E-state index contributed by atoms with van der Waals surface area (Å²) in [5, 5.41) is 4.22. The van der Waals surface area contributed by atoms with Gasteiger partial charge in [0.1, 0.15) is 0 Å². The average Bonchev–Trinajstić information content (AvgIpc) is 2.88. The standard InChI is InChI=1S/C11H7N2S/c1-2-10-11(13-7-12-10)5-8(1)9-3-4-14-6-9/h1-6H,(H,12,13). The van der Waals surface area contributed by atoms with Gasteiger partial charge in [0.15, 0.2) is 6.33 Å². The predicted octanol–water partition coefficient (Wildman–Crippen LogP) is 3.09. The number of aromatic nitrogens is 2. The normalized spacial score (nSPS) is 10.9. The molecule has 0 aliphatic heterocycles. The fourth-order valence-electron chi connectivity index (χ4n) is 1.49. The average molecular weight is 199 g/mol. The van der Waals surface area contributed by atoms with E-state index >= 15 is 0 Å². The van der Waals surface area contributed by atoms with Crippen LogP contribution in [0.5, 0.6) is 0 Å². The van der Waals surface area contributed by atoms with Crippen LogP contribution in [-0.2, 0) is 0 Å². The summed E-state index contributed by atoms with van der Waals surface area (Å²) >= 11 is 1.71. The number of imidazole rings is 1. The second kappa shape index (κ2) is 2.96. The van der Waals surface area contributed by atoms with Crippen LogP contribution in [0, 0.1) is 6.33 Å². The number of nitrogens with zero attached hydrogens (tertiary/aromatic N) is 1. The Morgan fingerprint density at radius 1 is 1.21 bits per heavy atom. The Labute approximate surface area is 85.2 Å². The van der Waals surface area contributed by atoms with E-state index in [2.05, 4.69) is 45.3 Å². The Kier molecular flexibility index (Phi) is 1.64. The highest BCUT2D eigenvalue weighted by atomic mass is 32.1. The molecule has 0 saturated heterocycles. The van der Waals surface area contributed by atoms with E-state index < -0.39 is 0 Å². The molecule has 0 unspecified atom stereocenters. The lowest BCUT2D eigenvalue weighted by Crippen LogP contribution is -1.74. The molecule has 0 aliphatic carbocycles. The van der Waals surface area contributed by atoms with Crippen LogP contribution in [0.15, 0.2) is 35.0 Å². The minimum absolute atomic E-state index is 0.966. The molecule has 0 atom stereocenters. The van der Waals surface area contributed by atoms with Crippen molar-refractivity contribution < 1.29 is 0 Å². The van der Waals surface area contributed by atoms with Gasteiger partial charge in [-0.05, 0) is 40.1 Å². The van der Waals surface area contributed by atoms with Crippen molar-refractivity contribution in [1.29, 1.82) is 0 Å². The Hall–Kier alpha value is -1.61. The number of hydrogen-bond acceptors (Lipinski definition) is 2. The van der Waals surface area contributed by atoms with Crippen molar-refractivity contribution in [3.63, 3.8) is 0 Å². The van der Waals surface area contributed by atoms with E-state index in [0.29, 0.717) is 0 Å². The van der Waals surface area contributed by atoms with Gasteiger partial charge >= 0.3 is 0 Å². The topological polar surface area (TPSA) is 28.7 Å². The molecule has 0 aliphatic rings. The zero-order valence-corrected chi connectivity index (χ0v) is 8.14. The van der Waals surface area contributed by atoms with E-state index in [0.717, 1.165) is 11.0 Å². The van der Waals surface area contributed by atoms with Crippen molar-refractivity contribution in [3.8, 4) is 11.1 Å². The first-order valence-electron chi connectivity index (χ1n) is 4.32. The van der Waals surface area contributed by atoms with Gasteiger partial charge in [0.05, 0.1) is 11.0 Å². The molecule has 2 aromatic heterocycles. The largest absolute Gasteiger partial charge is 0.335 e. The first-order valence-corrected chi connectivity index (χ1v) is 5.26. The van der Waals surface area contributed by atoms with Crippen LogP contribution in [0.2, 0.25) is 0 Å². The number of aromatic amines is 1. The van der Waals surface area contributed by atoms with Gasteiger partial charge in [0.25, 0.3) is 0 Å². The van der Waals surface area contributed by atoms with Crippen molar-refractivity contribution in [3.05, 3.63) is 41.4 Å². The van der Waals surface area contributed by atoms with E-state index in [-0.39, 0.29) is 0 Å². The van der Waals surface area contributed by atoms with Gasteiger partial charge in [-0.2, -0.15) is 11.3 Å². The summed E-state index contributed by atoms with van der Waals surface area (Å²) in [6, 6.07) is 8.31. The smallest absolute Gasteiger partial charge is 0.174 e. The maximum absolute atomic E-state index is 4.11. The summed E-state index contributed by atoms with van der Waals surface area (Å²) in [6.45, 7) is 0. The predicted molar refractivity (Wildman–Crippen MR) is 58.2 cm³/mol. The van der Waals surface area contributed by atoms with E-state index in [1.807, 2.05) is 6.07 Å². The third kappa shape index (κ3) is 1.14. The quantitative estimate of drug-likeness (QED) is 0.641. The van der Waals surface area contributed by atoms with Crippen molar-refractivity contribution in [2.75, 3.05) is 0 Å². The van der Waals surface area contributed by atoms with Crippen LogP contribution in [0.25, 0.3) is 22.2 Å². The molecule has 1 aromatic carbocycles. The Morgan fingerprint density at radius 3 is 3.07 bits per heavy atom. The zero-order valence-electron chi connectivity index (χ0n) is 7.32. The Bertz CT molecular complexity index is 551. The zero-order chi connectivity index (χ0) is 9.38. The molecule has 3 heteroatoms. The summed E-state index contributed by atoms with van der Waals surface area (Å²) < 4.78 is 0. The second-order valence-corrected chi connectivity index (χ2v) is 3.87. The third-order valence-corrected chi connectivity index (χ3v) is 2.90. The molecule has 1 N–H and O–H groups in total. The van der Waals surface area contributed by atoms with E-state index in [9.17, 15) is 0 Å². The summed E-state index contributed by atoms with van der Waals surface area (Å²) in [6.07, 6.45) is 2.74. The molecular weight excluding hydrogens is 192 g/mol. The number of nitrogens with one attached hydrogen (secondary N) is 1. The number of rotatable bonds is 1. The maximum atomic E-state index is 4.11. The van der Waals surface area contributed by atoms with Crippen LogP contribution in [0.4, 0.5) is 0 Å². The summed E-state index contributed by atoms with van der Waals surface area (Å²) in [7, 11) is 0. The third-order valence-electron chi connectivity index (χ3n) is 2.22. The lowest BCUT2D eigenvalue weighted by Gasteiger charge is -1.96. The van der Waals surface area contributed by atoms with Crippen LogP contribution >= 0.6 is 11.3 Å². The number of benzene rings is 1. The van der Waals surface area contributed by atoms with Crippen molar-refractivity contribution >= 4 is 22.4 Å². The molecule has 1 radical (unpaired) electrons. The van der Waals surface area contributed by atoms with Gasteiger partial charge in [-0.1, -0.05) is 6.07 Å². The van der Waals surface area contributed by atoms with Crippen molar-refractivity contribution in [1.82, 2.24) is 9.97 Å². The van der Waals surface area contributed by atoms with Gasteiger partial charge < -0.3 is 4.98 Å². The summed E-state index contributed by atoms with van der Waals surface area (Å²) in [4.78, 5) is 7.07. The number of thiophene rings is 1. The molecule has 0 fully saturated rings. The van der Waals surface area contributed by atoms with Gasteiger partial charge in [-0.15, -0.1) is 0 Å². The molecule has 0 bridgehead atoms. The van der Waals surface area contributed by atoms with Crippen LogP contribution in [0.3, 0.4) is 0 Å². The van der Waals surface area contributed by atoms with Crippen LogP contribution in [0.1, 0.15) is 0 Å². The van der Waals surface area contributed by atoms with Gasteiger partial charge in [-0.3, -0.25) is 0 Å². The van der Waals surface area contributed by atoms with Gasteiger partial charge in [-0.25, -0.2) is 4.98 Å². The summed E-state index contributed by atoms with van der Waals surface area (Å²) in [5.74, 6) is 0. The minimum Gasteiger partial charge on any atom is -0.335 e. The lowest BCUT2D eigenvalue weighted by atomic mass is 10.1. The molecule has 3 aromatic rings. The molecule has 0 spiro atoms. The fourth-order valence-corrected chi connectivity index (χ4v) is 2.15. The Balaban J connectivity index is 2.23. The van der Waals surface area contributed by atoms with Crippen LogP contribution in [-0.4, -0.2) is 9.97 Å². The highest BCUT2D eigenvalue weighted by Gasteiger charge is 2.00. The van der Waals surface area contributed by atoms with Crippen LogP contribution < -0.4 is 0 Å². The second-order valence-electron chi connectivity index (χ2n) is 3.09. The van der Waals surface area contributed by atoms with Crippen molar-refractivity contribution in [2.24, 2.45) is 0 Å². The molecule has 67 valence electrons. The van der Waals surface area contributed by atoms with Gasteiger partial charge in [0, 0.05) is 0 Å². The minimum atomic E-state index is 0.966. The first kappa shape index (κ1) is 7.76. The SMILES string of the molecule is [c]1nc2cc(-c3ccsc3)ccc2[nH]1. The summed E-state index contributed by atoms with van der Waals surface area (Å²) in [5.41, 5.74) is 4.46.